The molecule has 0 saturated carbocycles. The Morgan fingerprint density at radius 3 is 2.74 bits per heavy atom. The molecular weight excluding hydrogens is 386 g/mol. The summed E-state index contributed by atoms with van der Waals surface area (Å²) in [6, 6.07) is 14.8. The molecular formula is C17H11N5O3S2. The SMILES string of the molecule is N#Cc1ccc(CSc2nnc(NC(=O)c3cccc([N+](=O)[O-])c3)s2)cc1. The maximum Gasteiger partial charge on any atom is 0.270 e. The molecule has 1 amide bonds. The van der Waals surface area contributed by atoms with Crippen molar-refractivity contribution in [1.29, 1.82) is 5.26 Å². The maximum absolute atomic E-state index is 12.2. The highest BCUT2D eigenvalue weighted by Gasteiger charge is 2.14. The van der Waals surface area contributed by atoms with Crippen molar-refractivity contribution in [3.05, 3.63) is 75.3 Å². The molecule has 8 nitrogen and oxygen atoms in total. The molecule has 0 aliphatic heterocycles. The first-order valence-corrected chi connectivity index (χ1v) is 9.36. The van der Waals surface area contributed by atoms with Gasteiger partial charge < -0.3 is 0 Å². The Balaban J connectivity index is 1.60. The van der Waals surface area contributed by atoms with Gasteiger partial charge in [-0.3, -0.25) is 20.2 Å². The summed E-state index contributed by atoms with van der Waals surface area (Å²) in [4.78, 5) is 22.5. The number of thioether (sulfide) groups is 1. The summed E-state index contributed by atoms with van der Waals surface area (Å²) in [5.41, 5.74) is 1.66. The van der Waals surface area contributed by atoms with Crippen LogP contribution in [0.2, 0.25) is 0 Å². The minimum Gasteiger partial charge on any atom is -0.296 e. The summed E-state index contributed by atoms with van der Waals surface area (Å²) in [6.07, 6.45) is 0. The second-order valence-corrected chi connectivity index (χ2v) is 7.43. The van der Waals surface area contributed by atoms with Gasteiger partial charge in [0.25, 0.3) is 11.6 Å². The summed E-state index contributed by atoms with van der Waals surface area (Å²) < 4.78 is 0.675. The molecule has 0 aliphatic rings. The van der Waals surface area contributed by atoms with Crippen LogP contribution in [0.4, 0.5) is 10.8 Å². The van der Waals surface area contributed by atoms with Crippen LogP contribution >= 0.6 is 23.1 Å². The number of nitrogens with zero attached hydrogens (tertiary/aromatic N) is 4. The van der Waals surface area contributed by atoms with Gasteiger partial charge in [0.15, 0.2) is 4.34 Å². The molecule has 2 aromatic carbocycles. The molecule has 3 rings (SSSR count). The Hall–Kier alpha value is -3.29. The highest BCUT2D eigenvalue weighted by Crippen LogP contribution is 2.28. The summed E-state index contributed by atoms with van der Waals surface area (Å²) in [7, 11) is 0. The Bertz CT molecular complexity index is 1030. The zero-order valence-corrected chi connectivity index (χ0v) is 15.3. The zero-order chi connectivity index (χ0) is 19.2. The van der Waals surface area contributed by atoms with Crippen LogP contribution in [0.15, 0.2) is 52.9 Å². The van der Waals surface area contributed by atoms with Crippen LogP contribution in [-0.2, 0) is 5.75 Å². The van der Waals surface area contributed by atoms with E-state index in [0.29, 0.717) is 20.8 Å². The van der Waals surface area contributed by atoms with E-state index in [2.05, 4.69) is 21.6 Å². The van der Waals surface area contributed by atoms with Crippen LogP contribution < -0.4 is 5.32 Å². The van der Waals surface area contributed by atoms with Crippen molar-refractivity contribution in [3.63, 3.8) is 0 Å². The number of nitro groups is 1. The molecule has 0 bridgehead atoms. The lowest BCUT2D eigenvalue weighted by molar-refractivity contribution is -0.384. The molecule has 0 spiro atoms. The predicted octanol–water partition coefficient (Wildman–Crippen LogP) is 3.86. The number of carbonyl (C=O) groups excluding carboxylic acids is 1. The van der Waals surface area contributed by atoms with Crippen molar-refractivity contribution in [2.45, 2.75) is 10.1 Å². The smallest absolute Gasteiger partial charge is 0.270 e. The Kier molecular flexibility index (Phi) is 5.75. The number of carbonyl (C=O) groups is 1. The molecule has 10 heteroatoms. The standard InChI is InChI=1S/C17H11N5O3S2/c18-9-11-4-6-12(7-5-11)10-26-17-21-20-16(27-17)19-15(23)13-2-1-3-14(8-13)22(24)25/h1-8H,10H2,(H,19,20,23). The fourth-order valence-corrected chi connectivity index (χ4v) is 3.77. The lowest BCUT2D eigenvalue weighted by atomic mass is 10.2. The van der Waals surface area contributed by atoms with Gasteiger partial charge in [-0.05, 0) is 23.8 Å². The lowest BCUT2D eigenvalue weighted by Crippen LogP contribution is -2.11. The molecule has 134 valence electrons. The third-order valence-corrected chi connectivity index (χ3v) is 5.43. The van der Waals surface area contributed by atoms with E-state index in [0.717, 1.165) is 5.56 Å². The largest absolute Gasteiger partial charge is 0.296 e. The first kappa shape index (κ1) is 18.5. The zero-order valence-electron chi connectivity index (χ0n) is 13.7. The van der Waals surface area contributed by atoms with Gasteiger partial charge in [-0.1, -0.05) is 41.3 Å². The fraction of sp³-hybridized carbons (Fsp3) is 0.0588. The van der Waals surface area contributed by atoms with E-state index in [1.807, 2.05) is 12.1 Å². The monoisotopic (exact) mass is 397 g/mol. The highest BCUT2D eigenvalue weighted by atomic mass is 32.2. The number of non-ortho nitro benzene ring substituents is 1. The molecule has 0 radical (unpaired) electrons. The van der Waals surface area contributed by atoms with Gasteiger partial charge in [0, 0.05) is 23.4 Å². The summed E-state index contributed by atoms with van der Waals surface area (Å²) in [5, 5.41) is 30.4. The van der Waals surface area contributed by atoms with Gasteiger partial charge in [0.2, 0.25) is 5.13 Å². The van der Waals surface area contributed by atoms with Gasteiger partial charge in [-0.15, -0.1) is 10.2 Å². The van der Waals surface area contributed by atoms with Gasteiger partial charge in [-0.2, -0.15) is 5.26 Å². The molecule has 1 N–H and O–H groups in total. The highest BCUT2D eigenvalue weighted by molar-refractivity contribution is 8.00. The van der Waals surface area contributed by atoms with Crippen molar-refractivity contribution in [2.24, 2.45) is 0 Å². The molecule has 3 aromatic rings. The van der Waals surface area contributed by atoms with Crippen LogP contribution in [-0.4, -0.2) is 21.0 Å². The minimum atomic E-state index is -0.556. The third-order valence-electron chi connectivity index (χ3n) is 3.39. The van der Waals surface area contributed by atoms with Crippen LogP contribution in [0.5, 0.6) is 0 Å². The Morgan fingerprint density at radius 1 is 1.26 bits per heavy atom. The maximum atomic E-state index is 12.2. The molecule has 0 saturated heterocycles. The van der Waals surface area contributed by atoms with Gasteiger partial charge >= 0.3 is 0 Å². The topological polar surface area (TPSA) is 122 Å². The number of nitro benzene ring substituents is 1. The van der Waals surface area contributed by atoms with Gasteiger partial charge in [-0.25, -0.2) is 0 Å². The fourth-order valence-electron chi connectivity index (χ4n) is 2.07. The molecule has 1 aromatic heterocycles. The molecule has 27 heavy (non-hydrogen) atoms. The molecule has 0 aliphatic carbocycles. The number of hydrogen-bond donors (Lipinski definition) is 1. The van der Waals surface area contributed by atoms with Crippen molar-refractivity contribution in [2.75, 3.05) is 5.32 Å². The molecule has 1 heterocycles. The summed E-state index contributed by atoms with van der Waals surface area (Å²) in [5.74, 6) is 0.164. The number of nitriles is 1. The van der Waals surface area contributed by atoms with E-state index < -0.39 is 10.8 Å². The first-order valence-electron chi connectivity index (χ1n) is 7.56. The summed E-state index contributed by atoms with van der Waals surface area (Å²) in [6.45, 7) is 0. The van der Waals surface area contributed by atoms with E-state index in [1.54, 1.807) is 12.1 Å². The van der Waals surface area contributed by atoms with E-state index >= 15 is 0 Å². The van der Waals surface area contributed by atoms with Crippen molar-refractivity contribution in [3.8, 4) is 6.07 Å². The molecule has 0 atom stereocenters. The van der Waals surface area contributed by atoms with Crippen molar-refractivity contribution < 1.29 is 9.72 Å². The average molecular weight is 397 g/mol. The lowest BCUT2D eigenvalue weighted by Gasteiger charge is -2.00. The third kappa shape index (κ3) is 4.87. The van der Waals surface area contributed by atoms with Crippen LogP contribution in [0.1, 0.15) is 21.5 Å². The van der Waals surface area contributed by atoms with Gasteiger partial charge in [0.05, 0.1) is 16.6 Å². The molecule has 0 unspecified atom stereocenters. The normalized spacial score (nSPS) is 10.2. The van der Waals surface area contributed by atoms with Crippen molar-refractivity contribution >= 4 is 39.8 Å². The van der Waals surface area contributed by atoms with E-state index in [9.17, 15) is 14.9 Å². The quantitative estimate of drug-likeness (QED) is 0.290. The van der Waals surface area contributed by atoms with E-state index in [-0.39, 0.29) is 11.3 Å². The Labute approximate surface area is 162 Å². The second kappa shape index (κ2) is 8.39. The number of benzene rings is 2. The van der Waals surface area contributed by atoms with Crippen LogP contribution in [0.3, 0.4) is 0 Å². The molecule has 0 fully saturated rings. The van der Waals surface area contributed by atoms with Crippen molar-refractivity contribution in [1.82, 2.24) is 10.2 Å². The first-order chi connectivity index (χ1) is 13.0. The van der Waals surface area contributed by atoms with E-state index in [1.165, 1.54) is 47.4 Å². The van der Waals surface area contributed by atoms with E-state index in [4.69, 9.17) is 5.26 Å². The number of anilines is 1. The number of rotatable bonds is 6. The average Bonchev–Trinajstić information content (AvgIpc) is 3.14. The minimum absolute atomic E-state index is 0.154. The van der Waals surface area contributed by atoms with Gasteiger partial charge in [0.1, 0.15) is 0 Å². The van der Waals surface area contributed by atoms with Crippen LogP contribution in [0, 0.1) is 21.4 Å². The number of nitrogens with one attached hydrogen (secondary N) is 1. The number of hydrogen-bond acceptors (Lipinski definition) is 8. The predicted molar refractivity (Wildman–Crippen MR) is 102 cm³/mol. The number of aromatic nitrogens is 2. The summed E-state index contributed by atoms with van der Waals surface area (Å²) >= 11 is 2.67. The van der Waals surface area contributed by atoms with Crippen LogP contribution in [0.25, 0.3) is 0 Å². The second-order valence-electron chi connectivity index (χ2n) is 5.23. The number of amides is 1. The Morgan fingerprint density at radius 2 is 2.04 bits per heavy atom.